The minimum absolute atomic E-state index is 0.761. The molecule has 0 bridgehead atoms. The van der Waals surface area contributed by atoms with E-state index in [-0.39, 0.29) is 0 Å². The second kappa shape index (κ2) is 6.92. The van der Waals surface area contributed by atoms with Gasteiger partial charge in [0.1, 0.15) is 4.32 Å². The lowest BCUT2D eigenvalue weighted by Gasteiger charge is -2.07. The Hall–Kier alpha value is 0.240. The molecule has 0 atom stereocenters. The summed E-state index contributed by atoms with van der Waals surface area (Å²) in [4.78, 5) is 0. The van der Waals surface area contributed by atoms with Gasteiger partial charge in [-0.25, -0.2) is 0 Å². The third kappa shape index (κ3) is 8.14. The van der Waals surface area contributed by atoms with Crippen molar-refractivity contribution in [3.8, 4) is 0 Å². The lowest BCUT2D eigenvalue weighted by atomic mass is 10.1. The first-order chi connectivity index (χ1) is 5.16. The van der Waals surface area contributed by atoms with Gasteiger partial charge < -0.3 is 5.32 Å². The Labute approximate surface area is 79.3 Å². The van der Waals surface area contributed by atoms with Gasteiger partial charge in [0.2, 0.25) is 0 Å². The van der Waals surface area contributed by atoms with Crippen molar-refractivity contribution < 1.29 is 0 Å². The van der Waals surface area contributed by atoms with E-state index in [1.165, 1.54) is 6.42 Å². The molecule has 0 aliphatic carbocycles. The predicted octanol–water partition coefficient (Wildman–Crippen LogP) is 2.66. The van der Waals surface area contributed by atoms with E-state index in [0.717, 1.165) is 22.5 Å². The van der Waals surface area contributed by atoms with E-state index in [4.69, 9.17) is 12.2 Å². The number of nitrogens with one attached hydrogen (secondary N) is 1. The Balaban J connectivity index is 3.17. The van der Waals surface area contributed by atoms with Gasteiger partial charge in [0, 0.05) is 6.54 Å². The van der Waals surface area contributed by atoms with E-state index in [2.05, 4.69) is 26.1 Å². The summed E-state index contributed by atoms with van der Waals surface area (Å²) in [5.74, 6) is 1.82. The van der Waals surface area contributed by atoms with Gasteiger partial charge in [-0.15, -0.1) is 0 Å². The Kier molecular flexibility index (Phi) is 7.07. The standard InChI is InChI=1S/C8H17NS2/c1-4-11-8(10)9-6-5-7(2)3/h7H,4-6H2,1-3H3,(H,9,10). The molecule has 0 saturated heterocycles. The van der Waals surface area contributed by atoms with E-state index < -0.39 is 0 Å². The fraction of sp³-hybridized carbons (Fsp3) is 0.875. The minimum Gasteiger partial charge on any atom is -0.371 e. The normalized spacial score (nSPS) is 10.2. The van der Waals surface area contributed by atoms with Crippen molar-refractivity contribution in [2.75, 3.05) is 12.3 Å². The summed E-state index contributed by atoms with van der Waals surface area (Å²) in [6.07, 6.45) is 1.20. The second-order valence-electron chi connectivity index (χ2n) is 2.83. The molecule has 0 radical (unpaired) electrons. The molecule has 1 N–H and O–H groups in total. The maximum Gasteiger partial charge on any atom is 0.133 e. The van der Waals surface area contributed by atoms with Crippen molar-refractivity contribution >= 4 is 28.3 Å². The molecular formula is C8H17NS2. The zero-order valence-electron chi connectivity index (χ0n) is 7.52. The van der Waals surface area contributed by atoms with Crippen LogP contribution in [0.25, 0.3) is 0 Å². The average Bonchev–Trinajstić information content (AvgIpc) is 1.87. The van der Waals surface area contributed by atoms with Crippen molar-refractivity contribution in [1.82, 2.24) is 5.32 Å². The van der Waals surface area contributed by atoms with Gasteiger partial charge in [-0.2, -0.15) is 0 Å². The van der Waals surface area contributed by atoms with Gasteiger partial charge in [0.05, 0.1) is 0 Å². The topological polar surface area (TPSA) is 12.0 Å². The molecule has 0 spiro atoms. The molecule has 66 valence electrons. The predicted molar refractivity (Wildman–Crippen MR) is 58.2 cm³/mol. The summed E-state index contributed by atoms with van der Waals surface area (Å²) < 4.78 is 0.938. The van der Waals surface area contributed by atoms with Gasteiger partial charge in [0.15, 0.2) is 0 Å². The summed E-state index contributed by atoms with van der Waals surface area (Å²) in [6, 6.07) is 0. The molecule has 0 aliphatic rings. The summed E-state index contributed by atoms with van der Waals surface area (Å²) in [7, 11) is 0. The van der Waals surface area contributed by atoms with Crippen LogP contribution in [-0.2, 0) is 0 Å². The average molecular weight is 191 g/mol. The first-order valence-electron chi connectivity index (χ1n) is 4.07. The Morgan fingerprint density at radius 3 is 2.64 bits per heavy atom. The van der Waals surface area contributed by atoms with Crippen LogP contribution in [0, 0.1) is 5.92 Å². The number of hydrogen-bond donors (Lipinski definition) is 1. The van der Waals surface area contributed by atoms with Crippen molar-refractivity contribution in [3.63, 3.8) is 0 Å². The van der Waals surface area contributed by atoms with Crippen LogP contribution in [-0.4, -0.2) is 16.6 Å². The highest BCUT2D eigenvalue weighted by Gasteiger charge is 1.95. The zero-order valence-corrected chi connectivity index (χ0v) is 9.15. The highest BCUT2D eigenvalue weighted by atomic mass is 32.2. The molecule has 0 saturated carbocycles. The summed E-state index contributed by atoms with van der Waals surface area (Å²) >= 11 is 6.76. The molecule has 0 heterocycles. The quantitative estimate of drug-likeness (QED) is 0.686. The first-order valence-corrected chi connectivity index (χ1v) is 5.46. The third-order valence-corrected chi connectivity index (χ3v) is 2.46. The van der Waals surface area contributed by atoms with Crippen LogP contribution in [0.4, 0.5) is 0 Å². The molecular weight excluding hydrogens is 174 g/mol. The van der Waals surface area contributed by atoms with Gasteiger partial charge >= 0.3 is 0 Å². The van der Waals surface area contributed by atoms with E-state index >= 15 is 0 Å². The van der Waals surface area contributed by atoms with Crippen LogP contribution >= 0.6 is 24.0 Å². The van der Waals surface area contributed by atoms with Crippen LogP contribution in [0.2, 0.25) is 0 Å². The SMILES string of the molecule is CCSC(=S)NCCC(C)C. The van der Waals surface area contributed by atoms with Gasteiger partial charge in [-0.05, 0) is 18.1 Å². The fourth-order valence-corrected chi connectivity index (χ4v) is 1.57. The van der Waals surface area contributed by atoms with E-state index in [9.17, 15) is 0 Å². The van der Waals surface area contributed by atoms with E-state index in [1.54, 1.807) is 11.8 Å². The minimum atomic E-state index is 0.761. The van der Waals surface area contributed by atoms with Gasteiger partial charge in [0.25, 0.3) is 0 Å². The fourth-order valence-electron chi connectivity index (χ4n) is 0.645. The molecule has 3 heteroatoms. The third-order valence-electron chi connectivity index (χ3n) is 1.27. The molecule has 0 aromatic rings. The second-order valence-corrected chi connectivity index (χ2v) is 4.77. The van der Waals surface area contributed by atoms with Crippen LogP contribution in [0.1, 0.15) is 27.2 Å². The number of hydrogen-bond acceptors (Lipinski definition) is 2. The Morgan fingerprint density at radius 1 is 1.55 bits per heavy atom. The lowest BCUT2D eigenvalue weighted by Crippen LogP contribution is -2.20. The van der Waals surface area contributed by atoms with E-state index in [0.29, 0.717) is 0 Å². The molecule has 0 amide bonds. The molecule has 0 fully saturated rings. The molecule has 0 aromatic heterocycles. The highest BCUT2D eigenvalue weighted by molar-refractivity contribution is 8.22. The van der Waals surface area contributed by atoms with Crippen molar-refractivity contribution in [2.45, 2.75) is 27.2 Å². The summed E-state index contributed by atoms with van der Waals surface area (Å²) in [5.41, 5.74) is 0. The monoisotopic (exact) mass is 191 g/mol. The smallest absolute Gasteiger partial charge is 0.133 e. The maximum atomic E-state index is 5.06. The van der Waals surface area contributed by atoms with Crippen LogP contribution in [0.3, 0.4) is 0 Å². The first kappa shape index (κ1) is 11.2. The van der Waals surface area contributed by atoms with Crippen LogP contribution in [0.5, 0.6) is 0 Å². The molecule has 0 unspecified atom stereocenters. The van der Waals surface area contributed by atoms with Crippen molar-refractivity contribution in [3.05, 3.63) is 0 Å². The molecule has 0 aliphatic heterocycles. The van der Waals surface area contributed by atoms with Crippen molar-refractivity contribution in [2.24, 2.45) is 5.92 Å². The molecule has 11 heavy (non-hydrogen) atoms. The highest BCUT2D eigenvalue weighted by Crippen LogP contribution is 2.01. The number of thioether (sulfide) groups is 1. The maximum absolute atomic E-state index is 5.06. The largest absolute Gasteiger partial charge is 0.371 e. The number of rotatable bonds is 4. The van der Waals surface area contributed by atoms with Gasteiger partial charge in [-0.3, -0.25) is 0 Å². The zero-order chi connectivity index (χ0) is 8.69. The summed E-state index contributed by atoms with van der Waals surface area (Å²) in [6.45, 7) is 7.57. The van der Waals surface area contributed by atoms with Crippen LogP contribution in [0.15, 0.2) is 0 Å². The van der Waals surface area contributed by atoms with Crippen LogP contribution < -0.4 is 5.32 Å². The molecule has 0 rings (SSSR count). The Bertz CT molecular complexity index is 113. The Morgan fingerprint density at radius 2 is 2.18 bits per heavy atom. The number of thiocarbonyl (C=S) groups is 1. The lowest BCUT2D eigenvalue weighted by molar-refractivity contribution is 0.580. The molecule has 1 nitrogen and oxygen atoms in total. The van der Waals surface area contributed by atoms with E-state index in [1.807, 2.05) is 0 Å². The van der Waals surface area contributed by atoms with Crippen molar-refractivity contribution in [1.29, 1.82) is 0 Å². The molecule has 0 aromatic carbocycles. The van der Waals surface area contributed by atoms with Gasteiger partial charge in [-0.1, -0.05) is 44.8 Å². The summed E-state index contributed by atoms with van der Waals surface area (Å²) in [5, 5.41) is 3.21.